The van der Waals surface area contributed by atoms with Gasteiger partial charge in [0.15, 0.2) is 5.96 Å². The van der Waals surface area contributed by atoms with Crippen LogP contribution in [0.5, 0.6) is 0 Å². The van der Waals surface area contributed by atoms with Gasteiger partial charge in [-0.3, -0.25) is 4.90 Å². The molecule has 2 N–H and O–H groups in total. The quantitative estimate of drug-likeness (QED) is 0.614. The smallest absolute Gasteiger partial charge is 0.191 e. The predicted molar refractivity (Wildman–Crippen MR) is 95.7 cm³/mol. The highest BCUT2D eigenvalue weighted by atomic mass is 32.1. The summed E-state index contributed by atoms with van der Waals surface area (Å²) in [6, 6.07) is 4.73. The number of hydrogen-bond acceptors (Lipinski definition) is 4. The molecule has 0 spiro atoms. The number of aliphatic imine (C=N–C) groups is 1. The van der Waals surface area contributed by atoms with Crippen LogP contribution < -0.4 is 10.6 Å². The van der Waals surface area contributed by atoms with Crippen LogP contribution in [0.15, 0.2) is 22.5 Å². The molecule has 0 aromatic carbocycles. The van der Waals surface area contributed by atoms with Crippen LogP contribution in [0.25, 0.3) is 0 Å². The fraction of sp³-hybridized carbons (Fsp3) is 0.688. The maximum absolute atomic E-state index is 4.66. The third-order valence-electron chi connectivity index (χ3n) is 4.04. The molecule has 2 heterocycles. The molecule has 0 saturated carbocycles. The number of hydrogen-bond donors (Lipinski definition) is 2. The normalized spacial score (nSPS) is 19.1. The van der Waals surface area contributed by atoms with E-state index in [4.69, 9.17) is 0 Å². The third kappa shape index (κ3) is 5.59. The summed E-state index contributed by atoms with van der Waals surface area (Å²) in [6.07, 6.45) is 0. The van der Waals surface area contributed by atoms with E-state index in [0.717, 1.165) is 51.8 Å². The van der Waals surface area contributed by atoms with Crippen molar-refractivity contribution in [2.75, 3.05) is 46.3 Å². The lowest BCUT2D eigenvalue weighted by atomic mass is 10.2. The standard InChI is InChI=1S/C16H29N5S/c1-4-17-16(19-13-15-6-5-11-22-15)18-12-14(2)21-9-7-20(3)8-10-21/h5-6,11,14H,4,7-10,12-13H2,1-3H3,(H2,17,18,19). The number of rotatable bonds is 6. The van der Waals surface area contributed by atoms with E-state index in [-0.39, 0.29) is 0 Å². The predicted octanol–water partition coefficient (Wildman–Crippen LogP) is 1.44. The van der Waals surface area contributed by atoms with E-state index in [1.165, 1.54) is 4.88 Å². The summed E-state index contributed by atoms with van der Waals surface area (Å²) in [6.45, 7) is 11.6. The summed E-state index contributed by atoms with van der Waals surface area (Å²) in [7, 11) is 2.20. The van der Waals surface area contributed by atoms with Crippen LogP contribution >= 0.6 is 11.3 Å². The summed E-state index contributed by atoms with van der Waals surface area (Å²) in [5.41, 5.74) is 0. The van der Waals surface area contributed by atoms with Crippen LogP contribution in [0.3, 0.4) is 0 Å². The van der Waals surface area contributed by atoms with Crippen LogP contribution in [0, 0.1) is 0 Å². The second kappa shape index (κ2) is 9.12. The topological polar surface area (TPSA) is 42.9 Å². The fourth-order valence-electron chi connectivity index (χ4n) is 2.54. The van der Waals surface area contributed by atoms with Gasteiger partial charge in [0.05, 0.1) is 6.54 Å². The minimum Gasteiger partial charge on any atom is -0.357 e. The van der Waals surface area contributed by atoms with Gasteiger partial charge in [-0.05, 0) is 32.3 Å². The van der Waals surface area contributed by atoms with E-state index in [0.29, 0.717) is 6.04 Å². The molecule has 1 aromatic rings. The zero-order chi connectivity index (χ0) is 15.8. The SMILES string of the molecule is CCNC(=NCc1cccs1)NCC(C)N1CCN(C)CC1. The minimum absolute atomic E-state index is 0.527. The van der Waals surface area contributed by atoms with E-state index in [1.807, 2.05) is 0 Å². The lowest BCUT2D eigenvalue weighted by molar-refractivity contribution is 0.120. The molecule has 5 nitrogen and oxygen atoms in total. The first-order valence-electron chi connectivity index (χ1n) is 8.16. The number of guanidine groups is 1. The van der Waals surface area contributed by atoms with Crippen molar-refractivity contribution in [3.05, 3.63) is 22.4 Å². The highest BCUT2D eigenvalue weighted by molar-refractivity contribution is 7.09. The number of nitrogens with zero attached hydrogens (tertiary/aromatic N) is 3. The number of nitrogens with one attached hydrogen (secondary N) is 2. The molecule has 1 aromatic heterocycles. The van der Waals surface area contributed by atoms with Crippen LogP contribution in [0.2, 0.25) is 0 Å². The van der Waals surface area contributed by atoms with Crippen LogP contribution in [0.1, 0.15) is 18.7 Å². The third-order valence-corrected chi connectivity index (χ3v) is 4.90. The van der Waals surface area contributed by atoms with Crippen molar-refractivity contribution >= 4 is 17.3 Å². The van der Waals surface area contributed by atoms with Crippen molar-refractivity contribution in [2.45, 2.75) is 26.4 Å². The Labute approximate surface area is 138 Å². The molecule has 1 aliphatic heterocycles. The molecule has 1 saturated heterocycles. The van der Waals surface area contributed by atoms with Gasteiger partial charge in [-0.15, -0.1) is 11.3 Å². The highest BCUT2D eigenvalue weighted by Crippen LogP contribution is 2.09. The molecule has 0 radical (unpaired) electrons. The van der Waals surface area contributed by atoms with Crippen LogP contribution in [-0.4, -0.2) is 68.1 Å². The van der Waals surface area contributed by atoms with Gasteiger partial charge in [0.1, 0.15) is 0 Å². The summed E-state index contributed by atoms with van der Waals surface area (Å²) in [4.78, 5) is 10.9. The molecule has 0 amide bonds. The molecule has 1 unspecified atom stereocenters. The molecule has 6 heteroatoms. The average molecular weight is 324 g/mol. The van der Waals surface area contributed by atoms with Crippen LogP contribution in [0.4, 0.5) is 0 Å². The van der Waals surface area contributed by atoms with Crippen molar-refractivity contribution in [3.63, 3.8) is 0 Å². The van der Waals surface area contributed by atoms with Gasteiger partial charge in [-0.1, -0.05) is 6.07 Å². The monoisotopic (exact) mass is 323 g/mol. The lowest BCUT2D eigenvalue weighted by Crippen LogP contribution is -2.52. The van der Waals surface area contributed by atoms with Gasteiger partial charge in [-0.25, -0.2) is 4.99 Å². The zero-order valence-electron chi connectivity index (χ0n) is 14.0. The Kier molecular flexibility index (Phi) is 7.15. The molecule has 1 aliphatic rings. The molecule has 0 aliphatic carbocycles. The minimum atomic E-state index is 0.527. The van der Waals surface area contributed by atoms with Crippen LogP contribution in [-0.2, 0) is 6.54 Å². The first-order chi connectivity index (χ1) is 10.7. The Morgan fingerprint density at radius 2 is 2.09 bits per heavy atom. The van der Waals surface area contributed by atoms with Gasteiger partial charge < -0.3 is 15.5 Å². The molecular formula is C16H29N5S. The second-order valence-electron chi connectivity index (χ2n) is 5.84. The Morgan fingerprint density at radius 1 is 1.32 bits per heavy atom. The molecule has 2 rings (SSSR count). The summed E-state index contributed by atoms with van der Waals surface area (Å²) >= 11 is 1.75. The van der Waals surface area contributed by atoms with Gasteiger partial charge in [-0.2, -0.15) is 0 Å². The lowest BCUT2D eigenvalue weighted by Gasteiger charge is -2.36. The number of piperazine rings is 1. The summed E-state index contributed by atoms with van der Waals surface area (Å²) in [5.74, 6) is 0.914. The number of thiophene rings is 1. The van der Waals surface area contributed by atoms with Crippen molar-refractivity contribution in [3.8, 4) is 0 Å². The molecular weight excluding hydrogens is 294 g/mol. The molecule has 124 valence electrons. The van der Waals surface area contributed by atoms with Gasteiger partial charge >= 0.3 is 0 Å². The van der Waals surface area contributed by atoms with Gasteiger partial charge in [0, 0.05) is 50.2 Å². The Morgan fingerprint density at radius 3 is 2.73 bits per heavy atom. The largest absolute Gasteiger partial charge is 0.357 e. The van der Waals surface area contributed by atoms with Gasteiger partial charge in [0.25, 0.3) is 0 Å². The molecule has 1 fully saturated rings. The van der Waals surface area contributed by atoms with Crippen molar-refractivity contribution in [1.29, 1.82) is 0 Å². The van der Waals surface area contributed by atoms with E-state index >= 15 is 0 Å². The van der Waals surface area contributed by atoms with E-state index in [9.17, 15) is 0 Å². The molecule has 22 heavy (non-hydrogen) atoms. The second-order valence-corrected chi connectivity index (χ2v) is 6.88. The van der Waals surface area contributed by atoms with E-state index in [1.54, 1.807) is 11.3 Å². The Hall–Kier alpha value is -1.11. The Bertz CT molecular complexity index is 437. The zero-order valence-corrected chi connectivity index (χ0v) is 14.8. The van der Waals surface area contributed by atoms with Crippen molar-refractivity contribution < 1.29 is 0 Å². The van der Waals surface area contributed by atoms with E-state index < -0.39 is 0 Å². The maximum Gasteiger partial charge on any atom is 0.191 e. The molecule has 0 bridgehead atoms. The van der Waals surface area contributed by atoms with Crippen molar-refractivity contribution in [1.82, 2.24) is 20.4 Å². The summed E-state index contributed by atoms with van der Waals surface area (Å²) in [5, 5.41) is 8.90. The Balaban J connectivity index is 1.79. The number of likely N-dealkylation sites (N-methyl/N-ethyl adjacent to an activating group) is 1. The van der Waals surface area contributed by atoms with Crippen molar-refractivity contribution in [2.24, 2.45) is 4.99 Å². The first-order valence-corrected chi connectivity index (χ1v) is 9.04. The van der Waals surface area contributed by atoms with E-state index in [2.05, 4.69) is 63.8 Å². The highest BCUT2D eigenvalue weighted by Gasteiger charge is 2.18. The summed E-state index contributed by atoms with van der Waals surface area (Å²) < 4.78 is 0. The maximum atomic E-state index is 4.66. The average Bonchev–Trinajstić information content (AvgIpc) is 3.04. The first kappa shape index (κ1) is 17.2. The van der Waals surface area contributed by atoms with Gasteiger partial charge in [0.2, 0.25) is 0 Å². The molecule has 1 atom stereocenters. The fourth-order valence-corrected chi connectivity index (χ4v) is 3.17.